The van der Waals surface area contributed by atoms with Gasteiger partial charge in [-0.3, -0.25) is 0 Å². The monoisotopic (exact) mass is 229 g/mol. The van der Waals surface area contributed by atoms with E-state index in [-0.39, 0.29) is 6.04 Å². The molecule has 1 unspecified atom stereocenters. The van der Waals surface area contributed by atoms with Gasteiger partial charge in [-0.1, -0.05) is 38.1 Å². The molecule has 0 aliphatic heterocycles. The molecule has 0 saturated carbocycles. The van der Waals surface area contributed by atoms with Gasteiger partial charge in [-0.05, 0) is 30.5 Å². The number of hydrogen-bond donors (Lipinski definition) is 1. The molecule has 1 heterocycles. The van der Waals surface area contributed by atoms with Crippen LogP contribution in [0, 0.1) is 0 Å². The highest BCUT2D eigenvalue weighted by Crippen LogP contribution is 2.26. The fourth-order valence-electron chi connectivity index (χ4n) is 1.78. The average molecular weight is 229 g/mol. The van der Waals surface area contributed by atoms with Crippen LogP contribution >= 0.6 is 0 Å². The maximum atomic E-state index is 5.78. The minimum absolute atomic E-state index is 0.0568. The maximum Gasteiger partial charge on any atom is 0.134 e. The molecule has 0 radical (unpaired) electrons. The lowest BCUT2D eigenvalue weighted by Crippen LogP contribution is -2.02. The Balaban J connectivity index is 2.27. The largest absolute Gasteiger partial charge is 0.459 e. The van der Waals surface area contributed by atoms with Crippen LogP contribution in [0.2, 0.25) is 0 Å². The summed E-state index contributed by atoms with van der Waals surface area (Å²) in [7, 11) is 0. The molecule has 1 aromatic carbocycles. The smallest absolute Gasteiger partial charge is 0.134 e. The molecule has 2 N–H and O–H groups in total. The lowest BCUT2D eigenvalue weighted by atomic mass is 10.0. The Labute approximate surface area is 102 Å². The van der Waals surface area contributed by atoms with E-state index in [9.17, 15) is 0 Å². The Kier molecular flexibility index (Phi) is 3.34. The van der Waals surface area contributed by atoms with Crippen LogP contribution in [-0.2, 0) is 0 Å². The van der Waals surface area contributed by atoms with E-state index in [0.29, 0.717) is 5.92 Å². The number of benzene rings is 1. The molecule has 0 spiro atoms. The fourth-order valence-corrected chi connectivity index (χ4v) is 1.78. The first kappa shape index (κ1) is 11.9. The first-order chi connectivity index (χ1) is 8.08. The molecule has 0 fully saturated rings. The molecule has 0 saturated heterocycles. The van der Waals surface area contributed by atoms with E-state index in [1.165, 1.54) is 5.56 Å². The third-order valence-electron chi connectivity index (χ3n) is 2.94. The molecule has 90 valence electrons. The van der Waals surface area contributed by atoms with Crippen LogP contribution in [0.4, 0.5) is 0 Å². The van der Waals surface area contributed by atoms with Crippen LogP contribution in [0.5, 0.6) is 0 Å². The highest BCUT2D eigenvalue weighted by molar-refractivity contribution is 5.58. The molecule has 2 aromatic rings. The van der Waals surface area contributed by atoms with Crippen molar-refractivity contribution in [2.75, 3.05) is 0 Å². The zero-order valence-electron chi connectivity index (χ0n) is 10.6. The summed E-state index contributed by atoms with van der Waals surface area (Å²) in [6.45, 7) is 6.30. The van der Waals surface area contributed by atoms with Crippen molar-refractivity contribution in [3.05, 3.63) is 47.7 Å². The molecule has 2 rings (SSSR count). The number of nitrogens with two attached hydrogens (primary N) is 1. The van der Waals surface area contributed by atoms with Crippen LogP contribution in [0.1, 0.15) is 44.1 Å². The van der Waals surface area contributed by atoms with Crippen molar-refractivity contribution >= 4 is 0 Å². The minimum Gasteiger partial charge on any atom is -0.459 e. The van der Waals surface area contributed by atoms with Gasteiger partial charge in [0.15, 0.2) is 0 Å². The highest BCUT2D eigenvalue weighted by atomic mass is 16.3. The van der Waals surface area contributed by atoms with E-state index in [1.54, 1.807) is 0 Å². The van der Waals surface area contributed by atoms with Crippen molar-refractivity contribution < 1.29 is 4.42 Å². The van der Waals surface area contributed by atoms with Crippen LogP contribution in [0.3, 0.4) is 0 Å². The average Bonchev–Trinajstić information content (AvgIpc) is 2.78. The second kappa shape index (κ2) is 4.76. The topological polar surface area (TPSA) is 39.2 Å². The summed E-state index contributed by atoms with van der Waals surface area (Å²) in [5.41, 5.74) is 8.21. The Morgan fingerprint density at radius 2 is 1.59 bits per heavy atom. The molecule has 0 aliphatic carbocycles. The Morgan fingerprint density at radius 3 is 2.06 bits per heavy atom. The summed E-state index contributed by atoms with van der Waals surface area (Å²) >= 11 is 0. The van der Waals surface area contributed by atoms with E-state index in [0.717, 1.165) is 17.1 Å². The first-order valence-corrected chi connectivity index (χ1v) is 6.03. The Morgan fingerprint density at radius 1 is 0.941 bits per heavy atom. The second-order valence-electron chi connectivity index (χ2n) is 4.77. The van der Waals surface area contributed by atoms with Crippen molar-refractivity contribution in [3.8, 4) is 11.3 Å². The summed E-state index contributed by atoms with van der Waals surface area (Å²) in [5, 5.41) is 0. The van der Waals surface area contributed by atoms with Gasteiger partial charge in [-0.25, -0.2) is 0 Å². The number of furan rings is 1. The van der Waals surface area contributed by atoms with Gasteiger partial charge in [0.25, 0.3) is 0 Å². The zero-order valence-corrected chi connectivity index (χ0v) is 10.6. The van der Waals surface area contributed by atoms with E-state index < -0.39 is 0 Å². The van der Waals surface area contributed by atoms with Crippen molar-refractivity contribution in [1.82, 2.24) is 0 Å². The molecule has 17 heavy (non-hydrogen) atoms. The minimum atomic E-state index is -0.0568. The van der Waals surface area contributed by atoms with Gasteiger partial charge in [-0.2, -0.15) is 0 Å². The quantitative estimate of drug-likeness (QED) is 0.861. The zero-order chi connectivity index (χ0) is 12.4. The van der Waals surface area contributed by atoms with Crippen molar-refractivity contribution in [2.45, 2.75) is 32.7 Å². The maximum absolute atomic E-state index is 5.78. The molecular weight excluding hydrogens is 210 g/mol. The van der Waals surface area contributed by atoms with Crippen molar-refractivity contribution in [3.63, 3.8) is 0 Å². The summed E-state index contributed by atoms with van der Waals surface area (Å²) in [6.07, 6.45) is 0. The van der Waals surface area contributed by atoms with Gasteiger partial charge in [0.1, 0.15) is 11.5 Å². The standard InChI is InChI=1S/C15H19NO/c1-10(2)12-4-6-13(7-5-12)15-9-8-14(17-15)11(3)16/h4-11H,16H2,1-3H3. The molecule has 0 aliphatic rings. The normalized spacial score (nSPS) is 13.0. The lowest BCUT2D eigenvalue weighted by Gasteiger charge is -2.05. The van der Waals surface area contributed by atoms with Crippen LogP contribution in [0.15, 0.2) is 40.8 Å². The van der Waals surface area contributed by atoms with Crippen molar-refractivity contribution in [1.29, 1.82) is 0 Å². The van der Waals surface area contributed by atoms with Gasteiger partial charge in [0.2, 0.25) is 0 Å². The van der Waals surface area contributed by atoms with Crippen LogP contribution in [0.25, 0.3) is 11.3 Å². The van der Waals surface area contributed by atoms with Gasteiger partial charge in [0, 0.05) is 5.56 Å². The summed E-state index contributed by atoms with van der Waals surface area (Å²) in [6, 6.07) is 12.3. The van der Waals surface area contributed by atoms with Gasteiger partial charge in [-0.15, -0.1) is 0 Å². The second-order valence-corrected chi connectivity index (χ2v) is 4.77. The Bertz CT molecular complexity index is 480. The molecular formula is C15H19NO. The predicted octanol–water partition coefficient (Wildman–Crippen LogP) is 4.09. The van der Waals surface area contributed by atoms with Crippen molar-refractivity contribution in [2.24, 2.45) is 5.73 Å². The summed E-state index contributed by atoms with van der Waals surface area (Å²) in [4.78, 5) is 0. The van der Waals surface area contributed by atoms with Gasteiger partial charge in [0.05, 0.1) is 6.04 Å². The Hall–Kier alpha value is -1.54. The van der Waals surface area contributed by atoms with Crippen LogP contribution in [-0.4, -0.2) is 0 Å². The number of rotatable bonds is 3. The molecule has 2 nitrogen and oxygen atoms in total. The molecule has 1 atom stereocenters. The SMILES string of the molecule is CC(C)c1ccc(-c2ccc(C(C)N)o2)cc1. The summed E-state index contributed by atoms with van der Waals surface area (Å²) in [5.74, 6) is 2.26. The van der Waals surface area contributed by atoms with Crippen LogP contribution < -0.4 is 5.73 Å². The van der Waals surface area contributed by atoms with Gasteiger partial charge < -0.3 is 10.2 Å². The fraction of sp³-hybridized carbons (Fsp3) is 0.333. The molecule has 0 bridgehead atoms. The van der Waals surface area contributed by atoms with E-state index in [2.05, 4.69) is 38.1 Å². The first-order valence-electron chi connectivity index (χ1n) is 6.03. The summed E-state index contributed by atoms with van der Waals surface area (Å²) < 4.78 is 5.71. The van der Waals surface area contributed by atoms with Gasteiger partial charge >= 0.3 is 0 Å². The molecule has 1 aromatic heterocycles. The van der Waals surface area contributed by atoms with E-state index in [4.69, 9.17) is 10.2 Å². The van der Waals surface area contributed by atoms with E-state index in [1.807, 2.05) is 19.1 Å². The lowest BCUT2D eigenvalue weighted by molar-refractivity contribution is 0.491. The highest BCUT2D eigenvalue weighted by Gasteiger charge is 2.08. The molecule has 0 amide bonds. The third kappa shape index (κ3) is 2.59. The predicted molar refractivity (Wildman–Crippen MR) is 70.8 cm³/mol. The number of hydrogen-bond acceptors (Lipinski definition) is 2. The molecule has 2 heteroatoms. The van der Waals surface area contributed by atoms with E-state index >= 15 is 0 Å². The third-order valence-corrected chi connectivity index (χ3v) is 2.94.